The maximum absolute atomic E-state index is 15.0. The van der Waals surface area contributed by atoms with Gasteiger partial charge in [-0.05, 0) is 55.4 Å². The van der Waals surface area contributed by atoms with E-state index in [1.165, 1.54) is 6.07 Å². The predicted octanol–water partition coefficient (Wildman–Crippen LogP) is 8.55. The summed E-state index contributed by atoms with van der Waals surface area (Å²) < 4.78 is 130. The van der Waals surface area contributed by atoms with Crippen LogP contribution in [-0.2, 0) is 9.47 Å². The minimum absolute atomic E-state index is 0.0229. The van der Waals surface area contributed by atoms with E-state index in [2.05, 4.69) is 5.92 Å². The highest BCUT2D eigenvalue weighted by Crippen LogP contribution is 2.44. The first-order chi connectivity index (χ1) is 20.4. The van der Waals surface area contributed by atoms with Crippen LogP contribution in [0.15, 0.2) is 42.5 Å². The predicted molar refractivity (Wildman–Crippen MR) is 139 cm³/mol. The van der Waals surface area contributed by atoms with E-state index in [1.807, 2.05) is 12.8 Å². The molecule has 0 unspecified atom stereocenters. The molecule has 11 heteroatoms. The molecule has 3 aromatic carbocycles. The fraction of sp³-hybridized carbons (Fsp3) is 0.375. The van der Waals surface area contributed by atoms with Crippen molar-refractivity contribution in [1.29, 1.82) is 0 Å². The molecule has 5 rings (SSSR count). The van der Waals surface area contributed by atoms with Crippen LogP contribution in [-0.4, -0.2) is 19.3 Å². The molecule has 228 valence electrons. The lowest BCUT2D eigenvalue weighted by Crippen LogP contribution is -2.37. The summed E-state index contributed by atoms with van der Waals surface area (Å²) in [6.07, 6.45) is -4.00. The van der Waals surface area contributed by atoms with Crippen molar-refractivity contribution in [2.75, 3.05) is 13.2 Å². The van der Waals surface area contributed by atoms with Crippen molar-refractivity contribution in [2.24, 2.45) is 11.8 Å². The third kappa shape index (κ3) is 6.97. The van der Waals surface area contributed by atoms with Crippen LogP contribution in [0.4, 0.5) is 35.1 Å². The molecule has 3 nitrogen and oxygen atoms in total. The molecule has 0 radical (unpaired) electrons. The van der Waals surface area contributed by atoms with Crippen LogP contribution in [0.3, 0.4) is 0 Å². The van der Waals surface area contributed by atoms with Crippen molar-refractivity contribution in [3.05, 3.63) is 99.6 Å². The number of rotatable bonds is 5. The van der Waals surface area contributed by atoms with Gasteiger partial charge in [0, 0.05) is 29.2 Å². The monoisotopic (exact) mass is 610 g/mol. The zero-order chi connectivity index (χ0) is 30.9. The van der Waals surface area contributed by atoms with Crippen LogP contribution >= 0.6 is 0 Å². The molecule has 1 heterocycles. The van der Waals surface area contributed by atoms with E-state index in [0.717, 1.165) is 0 Å². The maximum atomic E-state index is 15.0. The summed E-state index contributed by atoms with van der Waals surface area (Å²) in [6, 6.07) is 6.79. The Balaban J connectivity index is 1.22. The molecule has 2 fully saturated rings. The zero-order valence-electron chi connectivity index (χ0n) is 22.8. The Morgan fingerprint density at radius 1 is 0.744 bits per heavy atom. The van der Waals surface area contributed by atoms with Gasteiger partial charge in [0.05, 0.1) is 24.7 Å². The Morgan fingerprint density at radius 2 is 1.35 bits per heavy atom. The summed E-state index contributed by atoms with van der Waals surface area (Å²) in [5, 5.41) is 0. The minimum Gasteiger partial charge on any atom is -0.432 e. The zero-order valence-corrected chi connectivity index (χ0v) is 22.8. The first-order valence-corrected chi connectivity index (χ1v) is 13.7. The van der Waals surface area contributed by atoms with Crippen LogP contribution in [0.2, 0.25) is 0 Å². The van der Waals surface area contributed by atoms with Crippen molar-refractivity contribution in [3.63, 3.8) is 0 Å². The minimum atomic E-state index is -3.78. The van der Waals surface area contributed by atoms with Crippen LogP contribution in [0.25, 0.3) is 0 Å². The number of alkyl halides is 2. The lowest BCUT2D eigenvalue weighted by molar-refractivity contribution is -0.222. The molecule has 1 saturated heterocycles. The summed E-state index contributed by atoms with van der Waals surface area (Å²) in [7, 11) is 0. The number of ether oxygens (including phenoxy) is 3. The van der Waals surface area contributed by atoms with Gasteiger partial charge in [-0.15, -0.1) is 0 Å². The standard InChI is InChI=1S/C32H26F8O3/c1-17-15-41-31(42-16-17)20-5-9-23(25(33)12-20)19-3-6-21(7-4-19)32(39,40)43-22-13-26(34)24(27(35)14-22)8-2-18-10-28(36)30(38)29(37)11-18/h5,9-14,17,19,21,31H,3-4,6-7,15-16H2,1H3. The molecule has 0 amide bonds. The van der Waals surface area contributed by atoms with Crippen LogP contribution < -0.4 is 4.74 Å². The van der Waals surface area contributed by atoms with Crippen molar-refractivity contribution in [1.82, 2.24) is 0 Å². The second-order valence-corrected chi connectivity index (χ2v) is 10.9. The van der Waals surface area contributed by atoms with Gasteiger partial charge < -0.3 is 14.2 Å². The van der Waals surface area contributed by atoms with E-state index >= 15 is 8.78 Å². The van der Waals surface area contributed by atoms with Crippen LogP contribution in [0.1, 0.15) is 67.1 Å². The fourth-order valence-corrected chi connectivity index (χ4v) is 5.28. The molecule has 1 aliphatic carbocycles. The average Bonchev–Trinajstić information content (AvgIpc) is 2.95. The molecule has 0 spiro atoms. The Labute approximate surface area is 242 Å². The summed E-state index contributed by atoms with van der Waals surface area (Å²) >= 11 is 0. The highest BCUT2D eigenvalue weighted by Gasteiger charge is 2.44. The van der Waals surface area contributed by atoms with Gasteiger partial charge in [-0.3, -0.25) is 0 Å². The van der Waals surface area contributed by atoms with Gasteiger partial charge in [-0.1, -0.05) is 30.9 Å². The van der Waals surface area contributed by atoms with Crippen molar-refractivity contribution >= 4 is 0 Å². The van der Waals surface area contributed by atoms with Gasteiger partial charge in [0.1, 0.15) is 23.2 Å². The fourth-order valence-electron chi connectivity index (χ4n) is 5.28. The Kier molecular flexibility index (Phi) is 8.99. The topological polar surface area (TPSA) is 27.7 Å². The molecule has 1 saturated carbocycles. The molecular weight excluding hydrogens is 584 g/mol. The highest BCUT2D eigenvalue weighted by molar-refractivity contribution is 5.46. The van der Waals surface area contributed by atoms with E-state index in [0.29, 0.717) is 48.6 Å². The molecule has 1 aliphatic heterocycles. The van der Waals surface area contributed by atoms with Crippen molar-refractivity contribution < 1.29 is 49.3 Å². The third-order valence-electron chi connectivity index (χ3n) is 7.59. The summed E-state index contributed by atoms with van der Waals surface area (Å²) in [6.45, 7) is 2.96. The SMILES string of the molecule is CC1COC(c2ccc(C3CCC(C(F)(F)Oc4cc(F)c(C#Cc5cc(F)c(F)c(F)c5)c(F)c4)CC3)c(F)c2)OC1. The molecule has 0 aromatic heterocycles. The third-order valence-corrected chi connectivity index (χ3v) is 7.59. The second-order valence-electron chi connectivity index (χ2n) is 10.9. The van der Waals surface area contributed by atoms with Gasteiger partial charge in [-0.2, -0.15) is 8.78 Å². The van der Waals surface area contributed by atoms with E-state index in [4.69, 9.17) is 14.2 Å². The molecular formula is C32H26F8O3. The smallest absolute Gasteiger partial charge is 0.400 e. The van der Waals surface area contributed by atoms with E-state index in [9.17, 15) is 26.3 Å². The normalized spacial score (nSPS) is 22.5. The molecule has 2 aliphatic rings. The Bertz CT molecular complexity index is 1500. The van der Waals surface area contributed by atoms with Gasteiger partial charge in [0.25, 0.3) is 0 Å². The molecule has 3 aromatic rings. The quantitative estimate of drug-likeness (QED) is 0.165. The summed E-state index contributed by atoms with van der Waals surface area (Å²) in [4.78, 5) is 0. The molecule has 0 bridgehead atoms. The van der Waals surface area contributed by atoms with Gasteiger partial charge >= 0.3 is 6.11 Å². The van der Waals surface area contributed by atoms with Crippen LogP contribution in [0.5, 0.6) is 5.75 Å². The van der Waals surface area contributed by atoms with Crippen molar-refractivity contribution in [2.45, 2.75) is 50.9 Å². The Hall–Kier alpha value is -3.62. The number of hydrogen-bond acceptors (Lipinski definition) is 3. The number of halogens is 8. The van der Waals surface area contributed by atoms with Gasteiger partial charge in [-0.25, -0.2) is 26.3 Å². The van der Waals surface area contributed by atoms with Gasteiger partial charge in [0.2, 0.25) is 0 Å². The van der Waals surface area contributed by atoms with Crippen molar-refractivity contribution in [3.8, 4) is 17.6 Å². The van der Waals surface area contributed by atoms with E-state index < -0.39 is 70.1 Å². The van der Waals surface area contributed by atoms with Gasteiger partial charge in [0.15, 0.2) is 23.7 Å². The van der Waals surface area contributed by atoms with E-state index in [1.54, 1.807) is 12.1 Å². The lowest BCUT2D eigenvalue weighted by Gasteiger charge is -2.33. The maximum Gasteiger partial charge on any atom is 0.400 e. The van der Waals surface area contributed by atoms with E-state index in [-0.39, 0.29) is 37.5 Å². The summed E-state index contributed by atoms with van der Waals surface area (Å²) in [5.74, 6) is -5.96. The first kappa shape index (κ1) is 30.8. The molecule has 0 atom stereocenters. The Morgan fingerprint density at radius 3 is 1.93 bits per heavy atom. The molecule has 43 heavy (non-hydrogen) atoms. The highest BCUT2D eigenvalue weighted by atomic mass is 19.3. The first-order valence-electron chi connectivity index (χ1n) is 13.7. The molecule has 0 N–H and O–H groups in total. The summed E-state index contributed by atoms with van der Waals surface area (Å²) in [5.41, 5.74) is -0.306. The van der Waals surface area contributed by atoms with Crippen LogP contribution in [0, 0.1) is 58.6 Å². The number of benzene rings is 3. The average molecular weight is 611 g/mol. The number of hydrogen-bond donors (Lipinski definition) is 0. The second kappa shape index (κ2) is 12.5. The lowest BCUT2D eigenvalue weighted by atomic mass is 9.78. The largest absolute Gasteiger partial charge is 0.432 e.